The average Bonchev–Trinajstić information content (AvgIpc) is 2.60. The second-order valence-corrected chi connectivity index (χ2v) is 5.81. The lowest BCUT2D eigenvalue weighted by molar-refractivity contribution is -0.140. The average molecular weight is 377 g/mol. The van der Waals surface area contributed by atoms with E-state index in [9.17, 15) is 14.0 Å². The van der Waals surface area contributed by atoms with Crippen molar-refractivity contribution < 1.29 is 18.3 Å². The highest BCUT2D eigenvalue weighted by atomic mass is 35.5. The van der Waals surface area contributed by atoms with Crippen LogP contribution in [-0.4, -0.2) is 24.6 Å². The zero-order chi connectivity index (χ0) is 18.7. The van der Waals surface area contributed by atoms with Gasteiger partial charge in [0.1, 0.15) is 11.6 Å². The number of carbonyl (C=O) groups excluding carboxylic acids is 1. The van der Waals surface area contributed by atoms with Crippen LogP contribution >= 0.6 is 11.6 Å². The van der Waals surface area contributed by atoms with Gasteiger partial charge >= 0.3 is 11.6 Å². The van der Waals surface area contributed by atoms with Crippen molar-refractivity contribution in [2.75, 3.05) is 19.0 Å². The molecule has 0 atom stereocenters. The first kappa shape index (κ1) is 17.9. The molecule has 1 N–H and O–H groups in total. The van der Waals surface area contributed by atoms with Crippen molar-refractivity contribution in [1.82, 2.24) is 4.98 Å². The molecule has 6 nitrogen and oxygen atoms in total. The fraction of sp³-hybridized carbons (Fsp3) is 0.167. The zero-order valence-corrected chi connectivity index (χ0v) is 14.5. The summed E-state index contributed by atoms with van der Waals surface area (Å²) in [5.41, 5.74) is 0.497. The van der Waals surface area contributed by atoms with Gasteiger partial charge in [0.2, 0.25) is 5.71 Å². The van der Waals surface area contributed by atoms with Crippen molar-refractivity contribution >= 4 is 34.5 Å². The highest BCUT2D eigenvalue weighted by molar-refractivity contribution is 6.33. The number of aromatic nitrogens is 1. The summed E-state index contributed by atoms with van der Waals surface area (Å²) in [5, 5.41) is 3.68. The molecule has 0 unspecified atom stereocenters. The molecule has 0 aliphatic heterocycles. The van der Waals surface area contributed by atoms with Gasteiger partial charge in [0.05, 0.1) is 18.6 Å². The Hall–Kier alpha value is -2.93. The first-order chi connectivity index (χ1) is 12.5. The number of ether oxygens (including phenoxy) is 1. The van der Waals surface area contributed by atoms with Crippen molar-refractivity contribution in [2.24, 2.45) is 0 Å². The molecular weight excluding hydrogens is 363 g/mol. The molecular formula is C18H14ClFN2O4. The Morgan fingerprint density at radius 2 is 2.08 bits per heavy atom. The topological polar surface area (TPSA) is 81.4 Å². The Morgan fingerprint density at radius 3 is 2.81 bits per heavy atom. The minimum absolute atomic E-state index is 0.107. The Labute approximate surface area is 152 Å². The van der Waals surface area contributed by atoms with E-state index in [1.807, 2.05) is 0 Å². The van der Waals surface area contributed by atoms with Crippen molar-refractivity contribution in [2.45, 2.75) is 6.42 Å². The Morgan fingerprint density at radius 1 is 1.27 bits per heavy atom. The molecule has 0 amide bonds. The quantitative estimate of drug-likeness (QED) is 0.685. The van der Waals surface area contributed by atoms with Crippen molar-refractivity contribution in [1.29, 1.82) is 0 Å². The number of fused-ring (bicyclic) bond motifs is 1. The Bertz CT molecular complexity index is 1040. The number of nitrogens with zero attached hydrogens (tertiary/aromatic N) is 1. The number of halogens is 2. The second-order valence-electron chi connectivity index (χ2n) is 5.41. The lowest BCUT2D eigenvalue weighted by Gasteiger charge is -2.09. The fourth-order valence-corrected chi connectivity index (χ4v) is 2.74. The molecule has 0 saturated carbocycles. The summed E-state index contributed by atoms with van der Waals surface area (Å²) in [7, 11) is 1.31. The van der Waals surface area contributed by atoms with E-state index in [4.69, 9.17) is 16.0 Å². The van der Waals surface area contributed by atoms with E-state index in [-0.39, 0.29) is 23.1 Å². The summed E-state index contributed by atoms with van der Waals surface area (Å²) < 4.78 is 23.0. The van der Waals surface area contributed by atoms with Crippen LogP contribution in [-0.2, 0) is 9.53 Å². The van der Waals surface area contributed by atoms with E-state index in [1.165, 1.54) is 31.4 Å². The minimum atomic E-state index is -0.605. The highest BCUT2D eigenvalue weighted by Crippen LogP contribution is 2.32. The highest BCUT2D eigenvalue weighted by Gasteiger charge is 2.13. The van der Waals surface area contributed by atoms with Gasteiger partial charge in [-0.25, -0.2) is 9.18 Å². The molecule has 0 aliphatic carbocycles. The lowest BCUT2D eigenvalue weighted by atomic mass is 10.0. The van der Waals surface area contributed by atoms with E-state index >= 15 is 0 Å². The zero-order valence-electron chi connectivity index (χ0n) is 13.7. The van der Waals surface area contributed by atoms with Crippen LogP contribution in [0, 0.1) is 5.82 Å². The predicted octanol–water partition coefficient (Wildman–Crippen LogP) is 3.62. The lowest BCUT2D eigenvalue weighted by Crippen LogP contribution is -2.10. The maximum atomic E-state index is 13.3. The van der Waals surface area contributed by atoms with Gasteiger partial charge in [-0.1, -0.05) is 11.6 Å². The summed E-state index contributed by atoms with van der Waals surface area (Å²) in [6, 6.07) is 8.61. The van der Waals surface area contributed by atoms with Gasteiger partial charge in [0.15, 0.2) is 0 Å². The normalized spacial score (nSPS) is 10.7. The molecule has 2 heterocycles. The van der Waals surface area contributed by atoms with E-state index in [2.05, 4.69) is 15.0 Å². The van der Waals surface area contributed by atoms with E-state index < -0.39 is 11.4 Å². The van der Waals surface area contributed by atoms with Crippen LogP contribution in [0.4, 0.5) is 10.2 Å². The Balaban J connectivity index is 1.99. The first-order valence-corrected chi connectivity index (χ1v) is 8.07. The number of methoxy groups -OCH3 is 1. The molecule has 0 fully saturated rings. The molecule has 0 bridgehead atoms. The molecule has 3 rings (SSSR count). The third-order valence-electron chi connectivity index (χ3n) is 3.69. The minimum Gasteiger partial charge on any atom is -0.469 e. The fourth-order valence-electron chi connectivity index (χ4n) is 2.47. The van der Waals surface area contributed by atoms with Crippen LogP contribution in [0.25, 0.3) is 22.2 Å². The summed E-state index contributed by atoms with van der Waals surface area (Å²) >= 11 is 6.11. The summed E-state index contributed by atoms with van der Waals surface area (Å²) in [5.74, 6) is -0.383. The molecule has 0 aliphatic rings. The SMILES string of the molecule is COC(=O)CCNc1ccc2c(-c3ccc(F)cc3Cl)cc(=O)oc2n1. The van der Waals surface area contributed by atoms with Gasteiger partial charge in [0, 0.05) is 29.1 Å². The summed E-state index contributed by atoms with van der Waals surface area (Å²) in [4.78, 5) is 27.3. The monoisotopic (exact) mass is 376 g/mol. The summed E-state index contributed by atoms with van der Waals surface area (Å²) in [6.07, 6.45) is 0.172. The maximum Gasteiger partial charge on any atom is 0.338 e. The smallest absolute Gasteiger partial charge is 0.338 e. The van der Waals surface area contributed by atoms with Crippen molar-refractivity contribution in [3.05, 3.63) is 57.7 Å². The maximum absolute atomic E-state index is 13.3. The molecule has 0 spiro atoms. The molecule has 134 valence electrons. The van der Waals surface area contributed by atoms with Crippen molar-refractivity contribution in [3.63, 3.8) is 0 Å². The Kier molecular flexibility index (Phi) is 5.18. The third kappa shape index (κ3) is 3.83. The van der Waals surface area contributed by atoms with Crippen LogP contribution < -0.4 is 10.9 Å². The van der Waals surface area contributed by atoms with Crippen LogP contribution in [0.1, 0.15) is 6.42 Å². The number of nitrogens with one attached hydrogen (secondary N) is 1. The standard InChI is InChI=1S/C18H14ClFN2O4/c1-25-16(23)6-7-21-15-5-4-12-13(9-17(24)26-18(12)22-15)11-3-2-10(20)8-14(11)19/h2-5,8-9H,6-7H2,1H3,(H,21,22). The number of benzene rings is 1. The van der Waals surface area contributed by atoms with E-state index in [0.717, 1.165) is 0 Å². The first-order valence-electron chi connectivity index (χ1n) is 7.69. The van der Waals surface area contributed by atoms with E-state index in [0.29, 0.717) is 28.9 Å². The van der Waals surface area contributed by atoms with Crippen LogP contribution in [0.15, 0.2) is 45.6 Å². The number of rotatable bonds is 5. The second kappa shape index (κ2) is 7.53. The van der Waals surface area contributed by atoms with Gasteiger partial charge in [-0.15, -0.1) is 0 Å². The number of esters is 1. The van der Waals surface area contributed by atoms with Gasteiger partial charge in [-0.3, -0.25) is 4.79 Å². The molecule has 3 aromatic rings. The van der Waals surface area contributed by atoms with Crippen molar-refractivity contribution in [3.8, 4) is 11.1 Å². The van der Waals surface area contributed by atoms with Gasteiger partial charge < -0.3 is 14.5 Å². The molecule has 0 saturated heterocycles. The number of hydrogen-bond donors (Lipinski definition) is 1. The van der Waals surface area contributed by atoms with E-state index in [1.54, 1.807) is 12.1 Å². The van der Waals surface area contributed by atoms with Crippen LogP contribution in [0.2, 0.25) is 5.02 Å². The number of pyridine rings is 1. The predicted molar refractivity (Wildman–Crippen MR) is 95.8 cm³/mol. The van der Waals surface area contributed by atoms with Crippen LogP contribution in [0.5, 0.6) is 0 Å². The molecule has 26 heavy (non-hydrogen) atoms. The number of carbonyl (C=O) groups is 1. The van der Waals surface area contributed by atoms with Gasteiger partial charge in [-0.05, 0) is 30.3 Å². The van der Waals surface area contributed by atoms with Gasteiger partial charge in [0.25, 0.3) is 0 Å². The molecule has 2 aromatic heterocycles. The molecule has 0 radical (unpaired) electrons. The number of hydrogen-bond acceptors (Lipinski definition) is 6. The van der Waals surface area contributed by atoms with Gasteiger partial charge in [-0.2, -0.15) is 4.98 Å². The molecule has 8 heteroatoms. The number of anilines is 1. The van der Waals surface area contributed by atoms with Crippen LogP contribution in [0.3, 0.4) is 0 Å². The largest absolute Gasteiger partial charge is 0.469 e. The third-order valence-corrected chi connectivity index (χ3v) is 4.01. The molecule has 1 aromatic carbocycles. The summed E-state index contributed by atoms with van der Waals surface area (Å²) in [6.45, 7) is 0.318.